The Bertz CT molecular complexity index is 350. The maximum atomic E-state index is 9.07. The summed E-state index contributed by atoms with van der Waals surface area (Å²) in [6.45, 7) is 7.11. The average Bonchev–Trinajstić information content (AvgIpc) is 2.36. The van der Waals surface area contributed by atoms with Gasteiger partial charge in [0.05, 0.1) is 12.2 Å². The first-order valence-corrected chi connectivity index (χ1v) is 5.97. The minimum absolute atomic E-state index is 0.0902. The lowest BCUT2D eigenvalue weighted by atomic mass is 10.00. The van der Waals surface area contributed by atoms with E-state index in [9.17, 15) is 0 Å². The van der Waals surface area contributed by atoms with Gasteiger partial charge in [0.2, 0.25) is 0 Å². The van der Waals surface area contributed by atoms with Gasteiger partial charge in [-0.3, -0.25) is 0 Å². The maximum Gasteiger partial charge on any atom is 0.0772 e. The summed E-state index contributed by atoms with van der Waals surface area (Å²) in [4.78, 5) is 0. The predicted octanol–water partition coefficient (Wildman–Crippen LogP) is 2.08. The lowest BCUT2D eigenvalue weighted by Crippen LogP contribution is -2.45. The molecule has 1 rings (SSSR count). The van der Waals surface area contributed by atoms with Crippen LogP contribution in [0.3, 0.4) is 0 Å². The normalized spacial score (nSPS) is 13.7. The van der Waals surface area contributed by atoms with E-state index in [4.69, 9.17) is 9.84 Å². The number of hydrogen-bond donors (Lipinski definition) is 2. The van der Waals surface area contributed by atoms with E-state index in [1.165, 1.54) is 5.56 Å². The first kappa shape index (κ1) is 14.2. The molecule has 2 N–H and O–H groups in total. The van der Waals surface area contributed by atoms with Gasteiger partial charge in [0.15, 0.2) is 0 Å². The molecular formula is C14H23NO2. The zero-order valence-corrected chi connectivity index (χ0v) is 11.2. The van der Waals surface area contributed by atoms with Crippen molar-refractivity contribution in [2.45, 2.75) is 45.6 Å². The third kappa shape index (κ3) is 4.11. The molecule has 0 aliphatic heterocycles. The van der Waals surface area contributed by atoms with Gasteiger partial charge in [-0.1, -0.05) is 24.3 Å². The molecule has 0 aliphatic rings. The highest BCUT2D eigenvalue weighted by Crippen LogP contribution is 2.14. The number of benzene rings is 1. The van der Waals surface area contributed by atoms with Crippen LogP contribution in [0, 0.1) is 0 Å². The third-order valence-electron chi connectivity index (χ3n) is 3.36. The molecular weight excluding hydrogens is 214 g/mol. The molecule has 0 bridgehead atoms. The largest absolute Gasteiger partial charge is 0.392 e. The summed E-state index contributed by atoms with van der Waals surface area (Å²) in [6, 6.07) is 8.21. The van der Waals surface area contributed by atoms with Gasteiger partial charge in [0.1, 0.15) is 0 Å². The first-order valence-electron chi connectivity index (χ1n) is 5.97. The van der Waals surface area contributed by atoms with Gasteiger partial charge in [-0.25, -0.2) is 0 Å². The molecule has 0 radical (unpaired) electrons. The summed E-state index contributed by atoms with van der Waals surface area (Å²) < 4.78 is 5.43. The molecule has 1 aromatic carbocycles. The second-order valence-corrected chi connectivity index (χ2v) is 4.89. The lowest BCUT2D eigenvalue weighted by Gasteiger charge is -2.31. The molecule has 96 valence electrons. The average molecular weight is 237 g/mol. The summed E-state index contributed by atoms with van der Waals surface area (Å²) in [6.07, 6.45) is 0. The van der Waals surface area contributed by atoms with Crippen molar-refractivity contribution < 1.29 is 9.84 Å². The van der Waals surface area contributed by atoms with Crippen LogP contribution >= 0.6 is 0 Å². The van der Waals surface area contributed by atoms with Crippen LogP contribution in [0.15, 0.2) is 24.3 Å². The third-order valence-corrected chi connectivity index (χ3v) is 3.36. The maximum absolute atomic E-state index is 9.07. The number of aliphatic hydroxyl groups is 1. The molecule has 3 nitrogen and oxygen atoms in total. The minimum Gasteiger partial charge on any atom is -0.392 e. The molecule has 3 heteroatoms. The molecule has 0 aromatic heterocycles. The van der Waals surface area contributed by atoms with Crippen molar-refractivity contribution in [3.8, 4) is 0 Å². The Hall–Kier alpha value is -0.900. The molecule has 1 atom stereocenters. The second kappa shape index (κ2) is 6.15. The van der Waals surface area contributed by atoms with E-state index < -0.39 is 0 Å². The Morgan fingerprint density at radius 1 is 1.35 bits per heavy atom. The van der Waals surface area contributed by atoms with Crippen LogP contribution in [0.2, 0.25) is 0 Å². The molecule has 0 heterocycles. The fourth-order valence-electron chi connectivity index (χ4n) is 1.53. The smallest absolute Gasteiger partial charge is 0.0772 e. The SMILES string of the molecule is COC(C)(C)C(C)NCc1cccc(CO)c1. The first-order chi connectivity index (χ1) is 7.99. The Morgan fingerprint density at radius 2 is 2.00 bits per heavy atom. The van der Waals surface area contributed by atoms with Crippen LogP contribution in [0.4, 0.5) is 0 Å². The van der Waals surface area contributed by atoms with Gasteiger partial charge in [-0.2, -0.15) is 0 Å². The van der Waals surface area contributed by atoms with E-state index in [2.05, 4.69) is 32.2 Å². The quantitative estimate of drug-likeness (QED) is 0.796. The number of aliphatic hydroxyl groups excluding tert-OH is 1. The summed E-state index contributed by atoms with van der Waals surface area (Å²) in [7, 11) is 1.73. The Morgan fingerprint density at radius 3 is 2.59 bits per heavy atom. The molecule has 0 saturated carbocycles. The van der Waals surface area contributed by atoms with E-state index in [0.717, 1.165) is 12.1 Å². The Kier molecular flexibility index (Phi) is 5.12. The highest BCUT2D eigenvalue weighted by Gasteiger charge is 2.24. The zero-order chi connectivity index (χ0) is 12.9. The Labute approximate surface area is 104 Å². The summed E-state index contributed by atoms with van der Waals surface area (Å²) >= 11 is 0. The number of hydrogen-bond acceptors (Lipinski definition) is 3. The predicted molar refractivity (Wildman–Crippen MR) is 69.8 cm³/mol. The molecule has 0 amide bonds. The van der Waals surface area contributed by atoms with Crippen molar-refractivity contribution in [1.29, 1.82) is 0 Å². The standard InChI is InChI=1S/C14H23NO2/c1-11(14(2,3)17-4)15-9-12-6-5-7-13(8-12)10-16/h5-8,11,15-16H,9-10H2,1-4H3. The van der Waals surface area contributed by atoms with Crippen LogP contribution in [0.5, 0.6) is 0 Å². The van der Waals surface area contributed by atoms with Gasteiger partial charge in [0.25, 0.3) is 0 Å². The fourth-order valence-corrected chi connectivity index (χ4v) is 1.53. The zero-order valence-electron chi connectivity index (χ0n) is 11.2. The van der Waals surface area contributed by atoms with E-state index >= 15 is 0 Å². The van der Waals surface area contributed by atoms with Crippen LogP contribution in [-0.2, 0) is 17.9 Å². The number of nitrogens with one attached hydrogen (secondary N) is 1. The van der Waals surface area contributed by atoms with Gasteiger partial charge in [0, 0.05) is 19.7 Å². The van der Waals surface area contributed by atoms with Gasteiger partial charge in [-0.15, -0.1) is 0 Å². The summed E-state index contributed by atoms with van der Waals surface area (Å²) in [5.74, 6) is 0. The number of ether oxygens (including phenoxy) is 1. The van der Waals surface area contributed by atoms with Crippen LogP contribution in [-0.4, -0.2) is 23.9 Å². The number of methoxy groups -OCH3 is 1. The minimum atomic E-state index is -0.186. The highest BCUT2D eigenvalue weighted by atomic mass is 16.5. The molecule has 17 heavy (non-hydrogen) atoms. The van der Waals surface area contributed by atoms with Crippen LogP contribution < -0.4 is 5.32 Å². The van der Waals surface area contributed by atoms with E-state index in [1.54, 1.807) is 7.11 Å². The van der Waals surface area contributed by atoms with E-state index in [0.29, 0.717) is 0 Å². The Balaban J connectivity index is 2.55. The van der Waals surface area contributed by atoms with Crippen LogP contribution in [0.25, 0.3) is 0 Å². The molecule has 0 aliphatic carbocycles. The highest BCUT2D eigenvalue weighted by molar-refractivity contribution is 5.22. The lowest BCUT2D eigenvalue weighted by molar-refractivity contribution is -0.00544. The van der Waals surface area contributed by atoms with Gasteiger partial charge >= 0.3 is 0 Å². The fraction of sp³-hybridized carbons (Fsp3) is 0.571. The molecule has 0 spiro atoms. The van der Waals surface area contributed by atoms with Crippen molar-refractivity contribution in [3.63, 3.8) is 0 Å². The van der Waals surface area contributed by atoms with Gasteiger partial charge in [-0.05, 0) is 31.9 Å². The monoisotopic (exact) mass is 237 g/mol. The summed E-state index contributed by atoms with van der Waals surface area (Å²) in [5.41, 5.74) is 1.94. The molecule has 1 unspecified atom stereocenters. The molecule has 0 fully saturated rings. The van der Waals surface area contributed by atoms with Crippen molar-refractivity contribution in [2.75, 3.05) is 7.11 Å². The van der Waals surface area contributed by atoms with Crippen LogP contribution in [0.1, 0.15) is 31.9 Å². The van der Waals surface area contributed by atoms with Crippen molar-refractivity contribution in [1.82, 2.24) is 5.32 Å². The topological polar surface area (TPSA) is 41.5 Å². The molecule has 1 aromatic rings. The number of rotatable bonds is 6. The van der Waals surface area contributed by atoms with Crippen molar-refractivity contribution >= 4 is 0 Å². The van der Waals surface area contributed by atoms with Gasteiger partial charge < -0.3 is 15.2 Å². The summed E-state index contributed by atoms with van der Waals surface area (Å²) in [5, 5.41) is 12.5. The second-order valence-electron chi connectivity index (χ2n) is 4.89. The molecule has 0 saturated heterocycles. The van der Waals surface area contributed by atoms with Crippen molar-refractivity contribution in [3.05, 3.63) is 35.4 Å². The van der Waals surface area contributed by atoms with Crippen molar-refractivity contribution in [2.24, 2.45) is 0 Å². The van der Waals surface area contributed by atoms with E-state index in [1.807, 2.05) is 18.2 Å². The van der Waals surface area contributed by atoms with E-state index in [-0.39, 0.29) is 18.2 Å².